The Labute approximate surface area is 89.4 Å². The number of furan rings is 1. The molecule has 15 heavy (non-hydrogen) atoms. The van der Waals surface area contributed by atoms with E-state index in [0.717, 1.165) is 25.7 Å². The molecule has 0 aromatic carbocycles. The minimum absolute atomic E-state index is 0.0793. The Morgan fingerprint density at radius 3 is 2.80 bits per heavy atom. The summed E-state index contributed by atoms with van der Waals surface area (Å²) in [6.45, 7) is 2.52. The lowest BCUT2D eigenvalue weighted by atomic mass is 9.92. The molecular formula is C12H16O3. The Kier molecular flexibility index (Phi) is 2.91. The molecule has 3 heteroatoms. The number of ketones is 1. The van der Waals surface area contributed by atoms with Gasteiger partial charge in [0.05, 0.1) is 11.8 Å². The minimum atomic E-state index is -0.571. The van der Waals surface area contributed by atoms with Crippen LogP contribution in [0.4, 0.5) is 0 Å². The van der Waals surface area contributed by atoms with Gasteiger partial charge in [-0.1, -0.05) is 0 Å². The maximum atomic E-state index is 12.2. The first kappa shape index (κ1) is 10.4. The van der Waals surface area contributed by atoms with E-state index in [-0.39, 0.29) is 5.78 Å². The molecule has 0 radical (unpaired) electrons. The van der Waals surface area contributed by atoms with Gasteiger partial charge in [0.15, 0.2) is 5.78 Å². The van der Waals surface area contributed by atoms with Crippen molar-refractivity contribution in [3.05, 3.63) is 24.2 Å². The monoisotopic (exact) mass is 208 g/mol. The zero-order valence-electron chi connectivity index (χ0n) is 8.99. The number of hydrogen-bond donors (Lipinski definition) is 0. The summed E-state index contributed by atoms with van der Waals surface area (Å²) < 4.78 is 10.6. The highest BCUT2D eigenvalue weighted by atomic mass is 16.5. The van der Waals surface area contributed by atoms with Crippen LogP contribution in [-0.2, 0) is 4.74 Å². The molecular weight excluding hydrogens is 192 g/mol. The van der Waals surface area contributed by atoms with E-state index in [1.54, 1.807) is 6.07 Å². The quantitative estimate of drug-likeness (QED) is 0.714. The summed E-state index contributed by atoms with van der Waals surface area (Å²) >= 11 is 0. The molecule has 1 aromatic heterocycles. The second-order valence-electron chi connectivity index (χ2n) is 3.98. The SMILES string of the molecule is CCOC1(C(=O)c2ccoc2)CCCC1. The molecule has 0 saturated heterocycles. The Balaban J connectivity index is 2.21. The highest BCUT2D eigenvalue weighted by Crippen LogP contribution is 2.36. The van der Waals surface area contributed by atoms with Crippen LogP contribution in [0.15, 0.2) is 23.0 Å². The topological polar surface area (TPSA) is 39.4 Å². The molecule has 1 saturated carbocycles. The standard InChI is InChI=1S/C12H16O3/c1-2-15-12(6-3-4-7-12)11(13)10-5-8-14-9-10/h5,8-9H,2-4,6-7H2,1H3. The van der Waals surface area contributed by atoms with Crippen molar-refractivity contribution in [1.82, 2.24) is 0 Å². The zero-order valence-corrected chi connectivity index (χ0v) is 8.99. The Hall–Kier alpha value is -1.09. The zero-order chi connectivity index (χ0) is 10.7. The fraction of sp³-hybridized carbons (Fsp3) is 0.583. The highest BCUT2D eigenvalue weighted by Gasteiger charge is 2.42. The van der Waals surface area contributed by atoms with Crippen molar-refractivity contribution >= 4 is 5.78 Å². The maximum absolute atomic E-state index is 12.2. The van der Waals surface area contributed by atoms with Crippen LogP contribution < -0.4 is 0 Å². The van der Waals surface area contributed by atoms with Crippen molar-refractivity contribution in [1.29, 1.82) is 0 Å². The highest BCUT2D eigenvalue weighted by molar-refractivity contribution is 6.02. The third-order valence-electron chi connectivity index (χ3n) is 3.03. The molecule has 0 aliphatic heterocycles. The summed E-state index contributed by atoms with van der Waals surface area (Å²) in [6, 6.07) is 1.71. The molecule has 1 fully saturated rings. The number of carbonyl (C=O) groups is 1. The van der Waals surface area contributed by atoms with Crippen molar-refractivity contribution in [3.63, 3.8) is 0 Å². The summed E-state index contributed by atoms with van der Waals surface area (Å²) in [7, 11) is 0. The van der Waals surface area contributed by atoms with E-state index in [4.69, 9.17) is 9.15 Å². The summed E-state index contributed by atoms with van der Waals surface area (Å²) in [5.74, 6) is 0.0793. The Morgan fingerprint density at radius 2 is 2.27 bits per heavy atom. The molecule has 82 valence electrons. The van der Waals surface area contributed by atoms with E-state index in [1.807, 2.05) is 6.92 Å². The predicted molar refractivity (Wildman–Crippen MR) is 55.9 cm³/mol. The number of rotatable bonds is 4. The van der Waals surface area contributed by atoms with Gasteiger partial charge in [0.2, 0.25) is 0 Å². The molecule has 0 atom stereocenters. The summed E-state index contributed by atoms with van der Waals surface area (Å²) in [4.78, 5) is 12.2. The lowest BCUT2D eigenvalue weighted by molar-refractivity contribution is -0.0164. The van der Waals surface area contributed by atoms with Crippen LogP contribution in [-0.4, -0.2) is 18.0 Å². The molecule has 1 aromatic rings. The van der Waals surface area contributed by atoms with Gasteiger partial charge in [-0.05, 0) is 38.7 Å². The summed E-state index contributed by atoms with van der Waals surface area (Å²) in [5.41, 5.74) is 0.0591. The fourth-order valence-electron chi connectivity index (χ4n) is 2.32. The molecule has 1 aliphatic rings. The average molecular weight is 208 g/mol. The van der Waals surface area contributed by atoms with Crippen LogP contribution in [0.1, 0.15) is 43.0 Å². The maximum Gasteiger partial charge on any atom is 0.197 e. The van der Waals surface area contributed by atoms with E-state index in [9.17, 15) is 4.79 Å². The van der Waals surface area contributed by atoms with E-state index in [2.05, 4.69) is 0 Å². The fourth-order valence-corrected chi connectivity index (χ4v) is 2.32. The molecule has 0 amide bonds. The first-order chi connectivity index (χ1) is 7.28. The second kappa shape index (κ2) is 4.19. The smallest absolute Gasteiger partial charge is 0.197 e. The van der Waals surface area contributed by atoms with Crippen molar-refractivity contribution in [2.24, 2.45) is 0 Å². The predicted octanol–water partition coefficient (Wildman–Crippen LogP) is 2.81. The minimum Gasteiger partial charge on any atom is -0.472 e. The number of Topliss-reactive ketones (excluding diaryl/α,β-unsaturated/α-hetero) is 1. The van der Waals surface area contributed by atoms with Crippen molar-refractivity contribution < 1.29 is 13.9 Å². The molecule has 1 heterocycles. The average Bonchev–Trinajstić information content (AvgIpc) is 2.88. The molecule has 2 rings (SSSR count). The third-order valence-corrected chi connectivity index (χ3v) is 3.03. The first-order valence-electron chi connectivity index (χ1n) is 5.49. The Morgan fingerprint density at radius 1 is 1.53 bits per heavy atom. The van der Waals surface area contributed by atoms with Gasteiger partial charge >= 0.3 is 0 Å². The molecule has 0 spiro atoms. The van der Waals surface area contributed by atoms with Gasteiger partial charge in [0, 0.05) is 6.61 Å². The molecule has 0 N–H and O–H groups in total. The van der Waals surface area contributed by atoms with Gasteiger partial charge in [-0.15, -0.1) is 0 Å². The van der Waals surface area contributed by atoms with E-state index < -0.39 is 5.60 Å². The summed E-state index contributed by atoms with van der Waals surface area (Å²) in [5, 5.41) is 0. The number of hydrogen-bond acceptors (Lipinski definition) is 3. The van der Waals surface area contributed by atoms with E-state index in [0.29, 0.717) is 12.2 Å². The van der Waals surface area contributed by atoms with Crippen LogP contribution in [0.25, 0.3) is 0 Å². The summed E-state index contributed by atoms with van der Waals surface area (Å²) in [6.07, 6.45) is 6.85. The van der Waals surface area contributed by atoms with E-state index >= 15 is 0 Å². The van der Waals surface area contributed by atoms with Gasteiger partial charge < -0.3 is 9.15 Å². The van der Waals surface area contributed by atoms with Crippen LogP contribution in [0, 0.1) is 0 Å². The van der Waals surface area contributed by atoms with Crippen molar-refractivity contribution in [2.45, 2.75) is 38.2 Å². The van der Waals surface area contributed by atoms with Gasteiger partial charge in [-0.25, -0.2) is 0 Å². The first-order valence-corrected chi connectivity index (χ1v) is 5.49. The largest absolute Gasteiger partial charge is 0.472 e. The molecule has 3 nitrogen and oxygen atoms in total. The number of ether oxygens (including phenoxy) is 1. The van der Waals surface area contributed by atoms with Gasteiger partial charge in [-0.3, -0.25) is 4.79 Å². The lowest BCUT2D eigenvalue weighted by Crippen LogP contribution is -2.38. The van der Waals surface area contributed by atoms with Crippen LogP contribution in [0.5, 0.6) is 0 Å². The van der Waals surface area contributed by atoms with Gasteiger partial charge in [-0.2, -0.15) is 0 Å². The lowest BCUT2D eigenvalue weighted by Gasteiger charge is -2.26. The third kappa shape index (κ3) is 1.84. The number of carbonyl (C=O) groups excluding carboxylic acids is 1. The van der Waals surface area contributed by atoms with Crippen LogP contribution >= 0.6 is 0 Å². The second-order valence-corrected chi connectivity index (χ2v) is 3.98. The molecule has 1 aliphatic carbocycles. The normalized spacial score (nSPS) is 19.3. The van der Waals surface area contributed by atoms with Gasteiger partial charge in [0.1, 0.15) is 11.9 Å². The van der Waals surface area contributed by atoms with Crippen LogP contribution in [0.3, 0.4) is 0 Å². The van der Waals surface area contributed by atoms with Crippen LogP contribution in [0.2, 0.25) is 0 Å². The van der Waals surface area contributed by atoms with Gasteiger partial charge in [0.25, 0.3) is 0 Å². The molecule has 0 unspecified atom stereocenters. The van der Waals surface area contributed by atoms with E-state index in [1.165, 1.54) is 12.5 Å². The van der Waals surface area contributed by atoms with Crippen molar-refractivity contribution in [2.75, 3.05) is 6.61 Å². The Bertz CT molecular complexity index is 321. The van der Waals surface area contributed by atoms with Crippen molar-refractivity contribution in [3.8, 4) is 0 Å². The molecule has 0 bridgehead atoms.